The van der Waals surface area contributed by atoms with Crippen molar-refractivity contribution in [3.63, 3.8) is 0 Å². The molecule has 4 aliphatic carbocycles. The Balaban J connectivity index is 1.18. The van der Waals surface area contributed by atoms with Crippen LogP contribution < -0.4 is 5.56 Å². The van der Waals surface area contributed by atoms with E-state index < -0.39 is 0 Å². The second-order valence-corrected chi connectivity index (χ2v) is 13.5. The Morgan fingerprint density at radius 3 is 2.61 bits per heavy atom. The molecular weight excluding hydrogens is 448 g/mol. The molecule has 5 nitrogen and oxygen atoms in total. The van der Waals surface area contributed by atoms with Crippen LogP contribution in [-0.2, 0) is 6.42 Å². The van der Waals surface area contributed by atoms with E-state index in [1.807, 2.05) is 24.3 Å². The molecule has 0 saturated heterocycles. The fourth-order valence-corrected chi connectivity index (χ4v) is 9.99. The van der Waals surface area contributed by atoms with Gasteiger partial charge in [-0.3, -0.25) is 4.79 Å². The molecular formula is C31H44N2O3. The molecule has 4 saturated carbocycles. The maximum absolute atomic E-state index is 12.5. The van der Waals surface area contributed by atoms with Gasteiger partial charge in [0.1, 0.15) is 5.82 Å². The van der Waals surface area contributed by atoms with E-state index in [9.17, 15) is 15.0 Å². The monoisotopic (exact) mass is 492 g/mol. The molecule has 196 valence electrons. The van der Waals surface area contributed by atoms with Crippen LogP contribution in [0.25, 0.3) is 10.9 Å². The number of rotatable bonds is 4. The van der Waals surface area contributed by atoms with Gasteiger partial charge in [-0.15, -0.1) is 0 Å². The van der Waals surface area contributed by atoms with Gasteiger partial charge in [-0.25, -0.2) is 4.98 Å². The third-order valence-electron chi connectivity index (χ3n) is 11.9. The number of hydrogen-bond acceptors (Lipinski definition) is 4. The van der Waals surface area contributed by atoms with Crippen LogP contribution in [-0.4, -0.2) is 32.4 Å². The van der Waals surface area contributed by atoms with E-state index in [0.717, 1.165) is 49.9 Å². The quantitative estimate of drug-likeness (QED) is 0.527. The first-order chi connectivity index (χ1) is 17.2. The molecule has 0 aliphatic heterocycles. The predicted octanol–water partition coefficient (Wildman–Crippen LogP) is 5.48. The molecule has 3 N–H and O–H groups in total. The third kappa shape index (κ3) is 3.79. The van der Waals surface area contributed by atoms with Gasteiger partial charge in [0.25, 0.3) is 5.56 Å². The van der Waals surface area contributed by atoms with Crippen molar-refractivity contribution < 1.29 is 10.2 Å². The van der Waals surface area contributed by atoms with E-state index in [1.54, 1.807) is 0 Å². The second kappa shape index (κ2) is 8.94. The molecule has 1 unspecified atom stereocenters. The highest BCUT2D eigenvalue weighted by Gasteiger charge is 2.62. The second-order valence-electron chi connectivity index (χ2n) is 13.5. The summed E-state index contributed by atoms with van der Waals surface area (Å²) < 4.78 is 0. The normalized spacial score (nSPS) is 43.0. The topological polar surface area (TPSA) is 86.2 Å². The lowest BCUT2D eigenvalue weighted by atomic mass is 9.43. The van der Waals surface area contributed by atoms with E-state index in [-0.39, 0.29) is 28.6 Å². The van der Waals surface area contributed by atoms with Gasteiger partial charge >= 0.3 is 0 Å². The molecule has 10 atom stereocenters. The molecule has 1 aromatic carbocycles. The van der Waals surface area contributed by atoms with Crippen molar-refractivity contribution in [3.05, 3.63) is 40.4 Å². The van der Waals surface area contributed by atoms with Crippen LogP contribution in [0.3, 0.4) is 0 Å². The fourth-order valence-electron chi connectivity index (χ4n) is 9.99. The van der Waals surface area contributed by atoms with Crippen molar-refractivity contribution in [1.82, 2.24) is 9.97 Å². The maximum Gasteiger partial charge on any atom is 0.258 e. The SMILES string of the molecule is C[C@H](CCc1nc2ccccc2c(=O)[nH]1)[C@H]1CC[C@H]2[C@H]3C(CC[C@]12C)[C@@]1(C)CC[C@@H](O)C[C@H]1C[C@H]3O. The van der Waals surface area contributed by atoms with Crippen molar-refractivity contribution in [2.45, 2.75) is 97.2 Å². The molecule has 1 heterocycles. The number of aliphatic hydroxyl groups excluding tert-OH is 2. The number of aryl methyl sites for hydroxylation is 1. The van der Waals surface area contributed by atoms with Crippen molar-refractivity contribution in [1.29, 1.82) is 0 Å². The Morgan fingerprint density at radius 1 is 1.03 bits per heavy atom. The number of H-pyrrole nitrogens is 1. The minimum absolute atomic E-state index is 0.0391. The molecule has 6 rings (SSSR count). The van der Waals surface area contributed by atoms with Crippen molar-refractivity contribution in [2.24, 2.45) is 46.3 Å². The summed E-state index contributed by atoms with van der Waals surface area (Å²) in [6, 6.07) is 7.58. The largest absolute Gasteiger partial charge is 0.393 e. The standard InChI is InChI=1S/C31H44N2O3/c1-18(8-11-27-32-25-7-5-4-6-21(25)29(36)33-27)22-9-10-23-28-24(13-15-31(22,23)3)30(2)14-12-20(34)16-19(30)17-26(28)35/h4-7,18-20,22-24,26,28,34-35H,8-17H2,1-3H3,(H,32,33,36)/t18-,19+,20-,22-,23+,24?,26-,28+,30+,31-/m1/s1. The zero-order valence-electron chi connectivity index (χ0n) is 22.2. The van der Waals surface area contributed by atoms with Crippen molar-refractivity contribution >= 4 is 10.9 Å². The number of aromatic amines is 1. The minimum atomic E-state index is -0.219. The number of nitrogens with zero attached hydrogens (tertiary/aromatic N) is 1. The molecule has 5 heteroatoms. The lowest BCUT2D eigenvalue weighted by Crippen LogP contribution is -2.58. The highest BCUT2D eigenvalue weighted by molar-refractivity contribution is 5.77. The average Bonchev–Trinajstić information content (AvgIpc) is 3.21. The Kier molecular flexibility index (Phi) is 6.11. The molecule has 0 radical (unpaired) electrons. The van der Waals surface area contributed by atoms with Crippen LogP contribution >= 0.6 is 0 Å². The molecule has 4 aliphatic rings. The average molecular weight is 493 g/mol. The van der Waals surface area contributed by atoms with Crippen LogP contribution in [0.4, 0.5) is 0 Å². The first-order valence-corrected chi connectivity index (χ1v) is 14.5. The van der Waals surface area contributed by atoms with Crippen molar-refractivity contribution in [3.8, 4) is 0 Å². The van der Waals surface area contributed by atoms with Gasteiger partial charge in [-0.05, 0) is 116 Å². The molecule has 36 heavy (non-hydrogen) atoms. The van der Waals surface area contributed by atoms with E-state index in [2.05, 4.69) is 25.8 Å². The summed E-state index contributed by atoms with van der Waals surface area (Å²) in [6.45, 7) is 7.42. The first-order valence-electron chi connectivity index (χ1n) is 14.5. The van der Waals surface area contributed by atoms with Gasteiger partial charge < -0.3 is 15.2 Å². The first kappa shape index (κ1) is 24.6. The minimum Gasteiger partial charge on any atom is -0.393 e. The van der Waals surface area contributed by atoms with E-state index in [0.29, 0.717) is 40.9 Å². The molecule has 0 spiro atoms. The third-order valence-corrected chi connectivity index (χ3v) is 11.9. The highest BCUT2D eigenvalue weighted by atomic mass is 16.3. The Labute approximate surface area is 215 Å². The maximum atomic E-state index is 12.5. The van der Waals surface area contributed by atoms with Crippen LogP contribution in [0.5, 0.6) is 0 Å². The summed E-state index contributed by atoms with van der Waals surface area (Å²) in [5, 5.41) is 22.5. The van der Waals surface area contributed by atoms with Crippen molar-refractivity contribution in [2.75, 3.05) is 0 Å². The summed E-state index contributed by atoms with van der Waals surface area (Å²) in [7, 11) is 0. The van der Waals surface area contributed by atoms with Crippen LogP contribution in [0.2, 0.25) is 0 Å². The van der Waals surface area contributed by atoms with Crippen LogP contribution in [0, 0.1) is 46.3 Å². The predicted molar refractivity (Wildman–Crippen MR) is 142 cm³/mol. The van der Waals surface area contributed by atoms with Gasteiger partial charge in [-0.2, -0.15) is 0 Å². The van der Waals surface area contributed by atoms with Gasteiger partial charge in [0.05, 0.1) is 23.1 Å². The molecule has 4 fully saturated rings. The lowest BCUT2D eigenvalue weighted by molar-refractivity contribution is -0.174. The Hall–Kier alpha value is -1.72. The lowest BCUT2D eigenvalue weighted by Gasteiger charge is -2.62. The number of benzene rings is 1. The highest BCUT2D eigenvalue weighted by Crippen LogP contribution is 2.68. The molecule has 1 aromatic heterocycles. The van der Waals surface area contributed by atoms with Crippen LogP contribution in [0.1, 0.15) is 84.4 Å². The zero-order chi connectivity index (χ0) is 25.2. The summed E-state index contributed by atoms with van der Waals surface area (Å²) in [5.74, 6) is 4.09. The molecule has 0 amide bonds. The smallest absolute Gasteiger partial charge is 0.258 e. The number of hydrogen-bond donors (Lipinski definition) is 3. The molecule has 0 bridgehead atoms. The van der Waals surface area contributed by atoms with E-state index in [4.69, 9.17) is 4.98 Å². The van der Waals surface area contributed by atoms with Gasteiger partial charge in [0.15, 0.2) is 0 Å². The van der Waals surface area contributed by atoms with E-state index in [1.165, 1.54) is 25.7 Å². The summed E-state index contributed by atoms with van der Waals surface area (Å²) in [5.41, 5.74) is 1.30. The summed E-state index contributed by atoms with van der Waals surface area (Å²) >= 11 is 0. The molecule has 2 aromatic rings. The van der Waals surface area contributed by atoms with Crippen LogP contribution in [0.15, 0.2) is 29.1 Å². The number of aromatic nitrogens is 2. The number of nitrogens with one attached hydrogen (secondary N) is 1. The van der Waals surface area contributed by atoms with Gasteiger partial charge in [0.2, 0.25) is 0 Å². The summed E-state index contributed by atoms with van der Waals surface area (Å²) in [4.78, 5) is 20.3. The number of aliphatic hydroxyl groups is 2. The fraction of sp³-hybridized carbons (Fsp3) is 0.742. The number of fused-ring (bicyclic) bond motifs is 6. The zero-order valence-corrected chi connectivity index (χ0v) is 22.2. The Morgan fingerprint density at radius 2 is 1.78 bits per heavy atom. The number of para-hydroxylation sites is 1. The van der Waals surface area contributed by atoms with E-state index >= 15 is 0 Å². The van der Waals surface area contributed by atoms with Gasteiger partial charge in [0, 0.05) is 6.42 Å². The Bertz CT molecular complexity index is 1180. The van der Waals surface area contributed by atoms with Gasteiger partial charge in [-0.1, -0.05) is 32.9 Å². The summed E-state index contributed by atoms with van der Waals surface area (Å²) in [6.07, 6.45) is 10.2.